The second-order valence-electron chi connectivity index (χ2n) is 7.79. The molecule has 0 saturated heterocycles. The molecule has 0 bridgehead atoms. The van der Waals surface area contributed by atoms with Gasteiger partial charge in [0.05, 0.1) is 29.5 Å². The van der Waals surface area contributed by atoms with Crippen LogP contribution in [0, 0.1) is 5.92 Å². The van der Waals surface area contributed by atoms with Crippen molar-refractivity contribution < 1.29 is 14.3 Å². The van der Waals surface area contributed by atoms with Gasteiger partial charge in [-0.25, -0.2) is 0 Å². The van der Waals surface area contributed by atoms with E-state index in [2.05, 4.69) is 20.8 Å². The van der Waals surface area contributed by atoms with Gasteiger partial charge in [0, 0.05) is 23.8 Å². The van der Waals surface area contributed by atoms with Gasteiger partial charge in [0.15, 0.2) is 11.0 Å². The summed E-state index contributed by atoms with van der Waals surface area (Å²) in [5.41, 5.74) is 0.967. The van der Waals surface area contributed by atoms with Gasteiger partial charge in [-0.3, -0.25) is 9.59 Å². The Kier molecular flexibility index (Phi) is 8.82. The monoisotopic (exact) mass is 521 g/mol. The fourth-order valence-electron chi connectivity index (χ4n) is 3.17. The number of halogens is 2. The molecule has 2 N–H and O–H groups in total. The van der Waals surface area contributed by atoms with Crippen molar-refractivity contribution in [3.05, 3.63) is 63.9 Å². The third-order valence-corrected chi connectivity index (χ3v) is 6.53. The zero-order valence-corrected chi connectivity index (χ0v) is 21.5. The number of hydrogen-bond donors (Lipinski definition) is 2. The molecule has 1 atom stereocenters. The Morgan fingerprint density at radius 3 is 2.59 bits per heavy atom. The Morgan fingerprint density at radius 2 is 1.91 bits per heavy atom. The summed E-state index contributed by atoms with van der Waals surface area (Å²) in [4.78, 5) is 25.2. The second-order valence-corrected chi connectivity index (χ2v) is 9.57. The van der Waals surface area contributed by atoms with Crippen molar-refractivity contribution >= 4 is 52.5 Å². The summed E-state index contributed by atoms with van der Waals surface area (Å²) in [6.45, 7) is 3.94. The van der Waals surface area contributed by atoms with E-state index in [1.54, 1.807) is 55.1 Å². The molecule has 1 aromatic heterocycles. The van der Waals surface area contributed by atoms with Gasteiger partial charge in [-0.15, -0.1) is 10.2 Å². The van der Waals surface area contributed by atoms with Crippen LogP contribution in [-0.4, -0.2) is 39.4 Å². The van der Waals surface area contributed by atoms with Crippen molar-refractivity contribution in [1.29, 1.82) is 0 Å². The first-order chi connectivity index (χ1) is 16.2. The van der Waals surface area contributed by atoms with Gasteiger partial charge in [-0.05, 0) is 36.2 Å². The summed E-state index contributed by atoms with van der Waals surface area (Å²) in [6.07, 6.45) is 0. The molecule has 0 radical (unpaired) electrons. The summed E-state index contributed by atoms with van der Waals surface area (Å²) < 4.78 is 6.95. The molecule has 8 nitrogen and oxygen atoms in total. The number of hydrogen-bond acceptors (Lipinski definition) is 6. The van der Waals surface area contributed by atoms with Crippen LogP contribution in [-0.2, 0) is 11.8 Å². The Balaban J connectivity index is 1.67. The molecule has 11 heteroatoms. The molecule has 0 saturated carbocycles. The van der Waals surface area contributed by atoms with Crippen LogP contribution < -0.4 is 15.4 Å². The second kappa shape index (κ2) is 11.6. The Hall–Kier alpha value is -2.75. The lowest BCUT2D eigenvalue weighted by atomic mass is 10.0. The number of amides is 2. The number of nitrogens with one attached hydrogen (secondary N) is 2. The third kappa shape index (κ3) is 6.43. The van der Waals surface area contributed by atoms with Crippen LogP contribution in [0.3, 0.4) is 0 Å². The molecular weight excluding hydrogens is 497 g/mol. The van der Waals surface area contributed by atoms with Crippen molar-refractivity contribution in [2.75, 3.05) is 18.2 Å². The molecule has 0 aliphatic rings. The van der Waals surface area contributed by atoms with Crippen LogP contribution in [0.1, 0.15) is 36.1 Å². The van der Waals surface area contributed by atoms with Crippen LogP contribution >= 0.6 is 35.0 Å². The molecule has 3 aromatic rings. The normalized spacial score (nSPS) is 11.9. The summed E-state index contributed by atoms with van der Waals surface area (Å²) in [7, 11) is 3.37. The van der Waals surface area contributed by atoms with Gasteiger partial charge >= 0.3 is 0 Å². The topological polar surface area (TPSA) is 98.1 Å². The lowest BCUT2D eigenvalue weighted by Crippen LogP contribution is -2.33. The maximum absolute atomic E-state index is 12.9. The van der Waals surface area contributed by atoms with Gasteiger partial charge in [0.2, 0.25) is 5.91 Å². The molecule has 2 amide bonds. The number of nitrogens with zero attached hydrogens (tertiary/aromatic N) is 3. The highest BCUT2D eigenvalue weighted by Gasteiger charge is 2.26. The minimum Gasteiger partial charge on any atom is -0.497 e. The van der Waals surface area contributed by atoms with E-state index in [1.165, 1.54) is 17.8 Å². The minimum atomic E-state index is -0.420. The summed E-state index contributed by atoms with van der Waals surface area (Å²) in [6, 6.07) is 11.4. The number of rotatable bonds is 9. The number of carbonyl (C=O) groups is 2. The quantitative estimate of drug-likeness (QED) is 0.385. The molecular formula is C23H25Cl2N5O3S. The van der Waals surface area contributed by atoms with Crippen LogP contribution in [0.15, 0.2) is 47.6 Å². The number of carbonyl (C=O) groups excluding carboxylic acids is 2. The number of ether oxygens (including phenoxy) is 1. The lowest BCUT2D eigenvalue weighted by molar-refractivity contribution is -0.113. The van der Waals surface area contributed by atoms with E-state index in [1.807, 2.05) is 13.8 Å². The molecule has 3 rings (SSSR count). The van der Waals surface area contributed by atoms with E-state index in [4.69, 9.17) is 27.9 Å². The van der Waals surface area contributed by atoms with Crippen molar-refractivity contribution in [3.63, 3.8) is 0 Å². The molecule has 34 heavy (non-hydrogen) atoms. The summed E-state index contributed by atoms with van der Waals surface area (Å²) in [5.74, 6) is 0.868. The van der Waals surface area contributed by atoms with E-state index in [0.717, 1.165) is 0 Å². The summed E-state index contributed by atoms with van der Waals surface area (Å²) >= 11 is 13.4. The molecule has 2 aromatic carbocycles. The van der Waals surface area contributed by atoms with Gasteiger partial charge < -0.3 is 19.9 Å². The van der Waals surface area contributed by atoms with Gasteiger partial charge in [0.1, 0.15) is 5.75 Å². The third-order valence-electron chi connectivity index (χ3n) is 4.96. The largest absolute Gasteiger partial charge is 0.497 e. The number of benzene rings is 2. The van der Waals surface area contributed by atoms with Crippen LogP contribution in [0.5, 0.6) is 5.75 Å². The van der Waals surface area contributed by atoms with Crippen LogP contribution in [0.25, 0.3) is 0 Å². The lowest BCUT2D eigenvalue weighted by Gasteiger charge is -2.22. The molecule has 180 valence electrons. The maximum atomic E-state index is 12.9. The number of thioether (sulfide) groups is 1. The standard InChI is InChI=1S/C23H25Cl2N5O3S/c1-13(2)20(27-22(32)17-9-8-14(24)10-18(17)25)21-28-29-23(30(21)3)34-12-19(31)26-15-6-5-7-16(11-15)33-4/h5-11,13,20H,12H2,1-4H3,(H,26,31)(H,27,32)/t20-/m1/s1. The highest BCUT2D eigenvalue weighted by atomic mass is 35.5. The number of methoxy groups -OCH3 is 1. The Bertz CT molecular complexity index is 1190. The van der Waals surface area contributed by atoms with Crippen molar-refractivity contribution in [2.24, 2.45) is 13.0 Å². The first kappa shape index (κ1) is 25.9. The van der Waals surface area contributed by atoms with Crippen LogP contribution in [0.2, 0.25) is 10.0 Å². The van der Waals surface area contributed by atoms with E-state index in [9.17, 15) is 9.59 Å². The first-order valence-corrected chi connectivity index (χ1v) is 12.2. The van der Waals surface area contributed by atoms with Gasteiger partial charge in [-0.1, -0.05) is 54.9 Å². The SMILES string of the molecule is COc1cccc(NC(=O)CSc2nnc([C@H](NC(=O)c3ccc(Cl)cc3Cl)C(C)C)n2C)c1. The molecule has 1 heterocycles. The van der Waals surface area contributed by atoms with E-state index in [-0.39, 0.29) is 28.5 Å². The fourth-order valence-corrected chi connectivity index (χ4v) is 4.39. The zero-order chi connectivity index (χ0) is 24.8. The Morgan fingerprint density at radius 1 is 1.15 bits per heavy atom. The number of aromatic nitrogens is 3. The predicted molar refractivity (Wildman–Crippen MR) is 135 cm³/mol. The van der Waals surface area contributed by atoms with E-state index >= 15 is 0 Å². The maximum Gasteiger partial charge on any atom is 0.253 e. The van der Waals surface area contributed by atoms with Crippen molar-refractivity contribution in [2.45, 2.75) is 25.0 Å². The average molecular weight is 522 g/mol. The predicted octanol–water partition coefficient (Wildman–Crippen LogP) is 4.99. The molecule has 0 aliphatic heterocycles. The molecule has 0 unspecified atom stereocenters. The smallest absolute Gasteiger partial charge is 0.253 e. The van der Waals surface area contributed by atoms with Crippen molar-refractivity contribution in [3.8, 4) is 5.75 Å². The Labute approximate surface area is 212 Å². The minimum absolute atomic E-state index is 0.0205. The van der Waals surface area contributed by atoms with Crippen molar-refractivity contribution in [1.82, 2.24) is 20.1 Å². The first-order valence-electron chi connectivity index (χ1n) is 10.4. The fraction of sp³-hybridized carbons (Fsp3) is 0.304. The zero-order valence-electron chi connectivity index (χ0n) is 19.1. The molecule has 0 aliphatic carbocycles. The molecule has 0 spiro atoms. The molecule has 0 fully saturated rings. The summed E-state index contributed by atoms with van der Waals surface area (Å²) in [5, 5.41) is 15.6. The van der Waals surface area contributed by atoms with E-state index < -0.39 is 6.04 Å². The van der Waals surface area contributed by atoms with Crippen LogP contribution in [0.4, 0.5) is 5.69 Å². The highest BCUT2D eigenvalue weighted by molar-refractivity contribution is 7.99. The average Bonchev–Trinajstić information content (AvgIpc) is 3.15. The number of anilines is 1. The van der Waals surface area contributed by atoms with Gasteiger partial charge in [-0.2, -0.15) is 0 Å². The van der Waals surface area contributed by atoms with E-state index in [0.29, 0.717) is 33.0 Å². The highest BCUT2D eigenvalue weighted by Crippen LogP contribution is 2.26. The van der Waals surface area contributed by atoms with Gasteiger partial charge in [0.25, 0.3) is 5.91 Å².